The van der Waals surface area contributed by atoms with Crippen LogP contribution in [0.1, 0.15) is 42.7 Å². The molecule has 0 saturated heterocycles. The molecule has 216 valence electrons. The summed E-state index contributed by atoms with van der Waals surface area (Å²) in [6.45, 7) is 0. The maximum absolute atomic E-state index is 6.39. The van der Waals surface area contributed by atoms with E-state index in [4.69, 9.17) is 4.42 Å². The molecular weight excluding hydrogens is 548 g/mol. The lowest BCUT2D eigenvalue weighted by Crippen LogP contribution is -2.33. The zero-order valence-electron chi connectivity index (χ0n) is 25.0. The van der Waals surface area contributed by atoms with E-state index in [9.17, 15) is 0 Å². The van der Waals surface area contributed by atoms with Gasteiger partial charge < -0.3 is 13.9 Å². The third kappa shape index (κ3) is 3.70. The van der Waals surface area contributed by atoms with E-state index in [0.29, 0.717) is 0 Å². The van der Waals surface area contributed by atoms with E-state index in [1.54, 1.807) is 0 Å². The Morgan fingerprint density at radius 1 is 0.667 bits per heavy atom. The minimum Gasteiger partial charge on any atom is -0.456 e. The first-order chi connectivity index (χ1) is 22.3. The number of nitrogens with zero attached hydrogens (tertiary/aromatic N) is 2. The van der Waals surface area contributed by atoms with E-state index in [-0.39, 0.29) is 12.0 Å². The first kappa shape index (κ1) is 25.1. The number of benzene rings is 5. The van der Waals surface area contributed by atoms with Crippen molar-refractivity contribution in [1.29, 1.82) is 0 Å². The highest BCUT2D eigenvalue weighted by Crippen LogP contribution is 2.51. The van der Waals surface area contributed by atoms with Crippen LogP contribution in [0.25, 0.3) is 55.0 Å². The Morgan fingerprint density at radius 3 is 2.38 bits per heavy atom. The van der Waals surface area contributed by atoms with Gasteiger partial charge in [0, 0.05) is 50.6 Å². The molecule has 3 heterocycles. The summed E-state index contributed by atoms with van der Waals surface area (Å²) in [7, 11) is 0. The van der Waals surface area contributed by atoms with Crippen LogP contribution in [0.3, 0.4) is 0 Å². The maximum atomic E-state index is 6.39. The molecule has 3 nitrogen and oxygen atoms in total. The fraction of sp³-hybridized carbons (Fsp3) is 0.143. The summed E-state index contributed by atoms with van der Waals surface area (Å²) in [5, 5.41) is 4.98. The van der Waals surface area contributed by atoms with Crippen molar-refractivity contribution in [3.63, 3.8) is 0 Å². The van der Waals surface area contributed by atoms with Crippen LogP contribution in [0.15, 0.2) is 144 Å². The average Bonchev–Trinajstić information content (AvgIpc) is 3.74. The molecule has 45 heavy (non-hydrogen) atoms. The van der Waals surface area contributed by atoms with E-state index < -0.39 is 0 Å². The molecule has 0 bridgehead atoms. The van der Waals surface area contributed by atoms with Crippen LogP contribution in [-0.4, -0.2) is 10.6 Å². The number of furan rings is 1. The summed E-state index contributed by atoms with van der Waals surface area (Å²) >= 11 is 0. The molecule has 0 fully saturated rings. The number of rotatable bonds is 3. The molecule has 3 heteroatoms. The summed E-state index contributed by atoms with van der Waals surface area (Å²) in [4.78, 5) is 2.62. The minimum atomic E-state index is 0.266. The lowest BCUT2D eigenvalue weighted by atomic mass is 9.85. The zero-order chi connectivity index (χ0) is 29.5. The zero-order valence-corrected chi connectivity index (χ0v) is 25.0. The summed E-state index contributed by atoms with van der Waals surface area (Å²) in [5.74, 6) is 0.266. The third-order valence-corrected chi connectivity index (χ3v) is 10.2. The van der Waals surface area contributed by atoms with Gasteiger partial charge in [0.25, 0.3) is 0 Å². The van der Waals surface area contributed by atoms with Gasteiger partial charge in [0.1, 0.15) is 11.2 Å². The molecule has 5 aromatic carbocycles. The normalized spacial score (nSPS) is 19.3. The predicted molar refractivity (Wildman–Crippen MR) is 187 cm³/mol. The summed E-state index contributed by atoms with van der Waals surface area (Å²) < 4.78 is 8.77. The van der Waals surface area contributed by atoms with E-state index >= 15 is 0 Å². The second kappa shape index (κ2) is 9.61. The molecule has 7 aromatic rings. The molecule has 0 spiro atoms. The molecular formula is C42H32N2O. The van der Waals surface area contributed by atoms with Crippen LogP contribution < -0.4 is 4.90 Å². The molecule has 3 aliphatic rings. The molecule has 10 rings (SSSR count). The summed E-state index contributed by atoms with van der Waals surface area (Å²) in [5.41, 5.74) is 12.3. The Bertz CT molecular complexity index is 2400. The Hall–Kier alpha value is -5.28. The second-order valence-electron chi connectivity index (χ2n) is 12.7. The van der Waals surface area contributed by atoms with Gasteiger partial charge in [0.2, 0.25) is 0 Å². The quantitative estimate of drug-likeness (QED) is 0.207. The van der Waals surface area contributed by atoms with Crippen LogP contribution in [0.5, 0.6) is 0 Å². The lowest BCUT2D eigenvalue weighted by Gasteiger charge is -2.33. The number of fused-ring (bicyclic) bond motifs is 9. The standard InChI is InChI=1S/C42H32N2O/c1-3-11-29(12-4-1)43-37-17-9-7-15-31(37)33-23-27(19-21-38(33)43)28-20-22-39-34(24-28)35-25-36-32-16-8-10-18-41(32)45-42(36)26-40(35)44(39)30-13-5-2-6-14-30/h1,3-4,7-13,15-26,34,39H,2,5-6,14H2. The SMILES string of the molecule is C1=CC2C(C=C1c1ccc3c(c1)c1ccccc1n3-c1ccccc1)c1cc3c(cc1N2C1=CCCCC1)oc1ccccc13. The Labute approximate surface area is 262 Å². The monoisotopic (exact) mass is 580 g/mol. The fourth-order valence-electron chi connectivity index (χ4n) is 8.19. The largest absolute Gasteiger partial charge is 0.456 e. The van der Waals surface area contributed by atoms with E-state index in [1.165, 1.54) is 79.2 Å². The van der Waals surface area contributed by atoms with E-state index in [1.807, 2.05) is 0 Å². The van der Waals surface area contributed by atoms with Crippen molar-refractivity contribution in [1.82, 2.24) is 4.57 Å². The molecule has 0 saturated carbocycles. The number of hydrogen-bond acceptors (Lipinski definition) is 2. The van der Waals surface area contributed by atoms with Gasteiger partial charge in [-0.05, 0) is 84.8 Å². The fourth-order valence-corrected chi connectivity index (χ4v) is 8.19. The van der Waals surface area contributed by atoms with Gasteiger partial charge in [-0.15, -0.1) is 0 Å². The average molecular weight is 581 g/mol. The lowest BCUT2D eigenvalue weighted by molar-refractivity contribution is 0.641. The molecule has 2 aromatic heterocycles. The molecule has 2 aliphatic carbocycles. The molecule has 1 aliphatic heterocycles. The van der Waals surface area contributed by atoms with E-state index in [0.717, 1.165) is 24.0 Å². The molecule has 0 radical (unpaired) electrons. The van der Waals surface area contributed by atoms with Crippen molar-refractivity contribution in [2.24, 2.45) is 0 Å². The first-order valence-corrected chi connectivity index (χ1v) is 16.2. The van der Waals surface area contributed by atoms with Gasteiger partial charge in [0.15, 0.2) is 0 Å². The first-order valence-electron chi connectivity index (χ1n) is 16.2. The Kier molecular flexibility index (Phi) is 5.36. The number of anilines is 1. The van der Waals surface area contributed by atoms with Crippen molar-refractivity contribution in [2.75, 3.05) is 4.90 Å². The van der Waals surface area contributed by atoms with Crippen molar-refractivity contribution >= 4 is 55.0 Å². The second-order valence-corrected chi connectivity index (χ2v) is 12.7. The van der Waals surface area contributed by atoms with Gasteiger partial charge in [-0.2, -0.15) is 0 Å². The van der Waals surface area contributed by atoms with Gasteiger partial charge in [-0.25, -0.2) is 0 Å². The minimum absolute atomic E-state index is 0.266. The highest BCUT2D eigenvalue weighted by Gasteiger charge is 2.40. The van der Waals surface area contributed by atoms with Crippen molar-refractivity contribution in [3.8, 4) is 5.69 Å². The van der Waals surface area contributed by atoms with E-state index in [2.05, 4.69) is 143 Å². The molecule has 2 atom stereocenters. The summed E-state index contributed by atoms with van der Waals surface area (Å²) in [6.07, 6.45) is 14.6. The molecule has 0 N–H and O–H groups in total. The van der Waals surface area contributed by atoms with Gasteiger partial charge >= 0.3 is 0 Å². The topological polar surface area (TPSA) is 21.3 Å². The highest BCUT2D eigenvalue weighted by atomic mass is 16.3. The number of para-hydroxylation sites is 3. The highest BCUT2D eigenvalue weighted by molar-refractivity contribution is 6.10. The van der Waals surface area contributed by atoms with Crippen molar-refractivity contribution < 1.29 is 4.42 Å². The van der Waals surface area contributed by atoms with Gasteiger partial charge in [-0.1, -0.05) is 85.0 Å². The van der Waals surface area contributed by atoms with Crippen LogP contribution in [-0.2, 0) is 0 Å². The summed E-state index contributed by atoms with van der Waals surface area (Å²) in [6, 6.07) is 39.9. The van der Waals surface area contributed by atoms with Gasteiger partial charge in [0.05, 0.1) is 17.1 Å². The van der Waals surface area contributed by atoms with Crippen molar-refractivity contribution in [2.45, 2.75) is 37.6 Å². The van der Waals surface area contributed by atoms with Crippen molar-refractivity contribution in [3.05, 3.63) is 150 Å². The smallest absolute Gasteiger partial charge is 0.137 e. The van der Waals surface area contributed by atoms with Crippen LogP contribution in [0.2, 0.25) is 0 Å². The predicted octanol–water partition coefficient (Wildman–Crippen LogP) is 11.1. The van der Waals surface area contributed by atoms with Gasteiger partial charge in [-0.3, -0.25) is 0 Å². The van der Waals surface area contributed by atoms with Crippen LogP contribution in [0.4, 0.5) is 5.69 Å². The van der Waals surface area contributed by atoms with Crippen LogP contribution in [0, 0.1) is 0 Å². The molecule has 2 unspecified atom stereocenters. The number of hydrogen-bond donors (Lipinski definition) is 0. The Balaban J connectivity index is 1.14. The number of allylic oxidation sites excluding steroid dienone is 4. The van der Waals surface area contributed by atoms with Crippen LogP contribution >= 0.6 is 0 Å². The number of aromatic nitrogens is 1. The Morgan fingerprint density at radius 2 is 1.49 bits per heavy atom. The third-order valence-electron chi connectivity index (χ3n) is 10.2. The molecule has 0 amide bonds. The maximum Gasteiger partial charge on any atom is 0.137 e.